The lowest BCUT2D eigenvalue weighted by Gasteiger charge is -2.32. The van der Waals surface area contributed by atoms with Gasteiger partial charge >= 0.3 is 12.1 Å². The summed E-state index contributed by atoms with van der Waals surface area (Å²) in [7, 11) is 0. The first-order chi connectivity index (χ1) is 12.2. The fraction of sp³-hybridized carbons (Fsp3) is 0.222. The monoisotopic (exact) mass is 366 g/mol. The smallest absolute Gasteiger partial charge is 0.426 e. The number of aromatic hydroxyl groups is 1. The number of halogens is 3. The molecule has 0 saturated heterocycles. The van der Waals surface area contributed by atoms with Gasteiger partial charge in [0.05, 0.1) is 0 Å². The molecule has 8 heteroatoms. The summed E-state index contributed by atoms with van der Waals surface area (Å²) < 4.78 is 44.0. The SMILES string of the molecule is O=C(c1ccc(O)cc1)c1ccc2c(c1)CC(C(=O)O)C(C(F)(F)F)O2. The van der Waals surface area contributed by atoms with Crippen molar-refractivity contribution < 1.29 is 37.7 Å². The van der Waals surface area contributed by atoms with E-state index in [9.17, 15) is 27.9 Å². The molecule has 0 fully saturated rings. The molecular weight excluding hydrogens is 353 g/mol. The zero-order valence-corrected chi connectivity index (χ0v) is 13.2. The van der Waals surface area contributed by atoms with Crippen LogP contribution in [0.4, 0.5) is 13.2 Å². The highest BCUT2D eigenvalue weighted by Gasteiger charge is 2.52. The van der Waals surface area contributed by atoms with Crippen molar-refractivity contribution in [2.75, 3.05) is 0 Å². The summed E-state index contributed by atoms with van der Waals surface area (Å²) in [6.45, 7) is 0. The van der Waals surface area contributed by atoms with Crippen LogP contribution in [0.25, 0.3) is 0 Å². The van der Waals surface area contributed by atoms with Crippen molar-refractivity contribution in [1.82, 2.24) is 0 Å². The van der Waals surface area contributed by atoms with Crippen molar-refractivity contribution in [2.45, 2.75) is 18.7 Å². The van der Waals surface area contributed by atoms with Crippen molar-refractivity contribution in [1.29, 1.82) is 0 Å². The minimum atomic E-state index is -4.82. The van der Waals surface area contributed by atoms with Gasteiger partial charge in [-0.3, -0.25) is 9.59 Å². The van der Waals surface area contributed by atoms with Crippen LogP contribution >= 0.6 is 0 Å². The number of phenolic OH excluding ortho intramolecular Hbond substituents is 1. The minimum Gasteiger partial charge on any atom is -0.508 e. The van der Waals surface area contributed by atoms with Gasteiger partial charge in [0, 0.05) is 11.1 Å². The van der Waals surface area contributed by atoms with Gasteiger partial charge in [-0.2, -0.15) is 13.2 Å². The summed E-state index contributed by atoms with van der Waals surface area (Å²) in [4.78, 5) is 23.7. The Bertz CT molecular complexity index is 858. The summed E-state index contributed by atoms with van der Waals surface area (Å²) in [5.74, 6) is -3.91. The summed E-state index contributed by atoms with van der Waals surface area (Å²) in [5.41, 5.74) is 0.692. The van der Waals surface area contributed by atoms with E-state index in [-0.39, 0.29) is 28.2 Å². The van der Waals surface area contributed by atoms with Crippen molar-refractivity contribution in [2.24, 2.45) is 5.92 Å². The largest absolute Gasteiger partial charge is 0.508 e. The molecule has 3 rings (SSSR count). The van der Waals surface area contributed by atoms with Gasteiger partial charge in [-0.05, 0) is 54.4 Å². The number of aliphatic carboxylic acids is 1. The highest BCUT2D eigenvalue weighted by atomic mass is 19.4. The average Bonchev–Trinajstić information content (AvgIpc) is 2.59. The van der Waals surface area contributed by atoms with Gasteiger partial charge in [0.1, 0.15) is 17.4 Å². The van der Waals surface area contributed by atoms with Crippen LogP contribution in [0.15, 0.2) is 42.5 Å². The van der Waals surface area contributed by atoms with Crippen molar-refractivity contribution in [3.63, 3.8) is 0 Å². The van der Waals surface area contributed by atoms with Crippen LogP contribution in [0, 0.1) is 5.92 Å². The van der Waals surface area contributed by atoms with Crippen molar-refractivity contribution in [3.05, 3.63) is 59.2 Å². The molecule has 136 valence electrons. The molecule has 2 aromatic carbocycles. The second kappa shape index (κ2) is 6.36. The number of ether oxygens (including phenoxy) is 1. The fourth-order valence-electron chi connectivity index (χ4n) is 2.85. The standard InChI is InChI=1S/C18H13F3O5/c19-18(20,21)16-13(17(24)25)8-11-7-10(3-6-14(11)26-16)15(23)9-1-4-12(22)5-2-9/h1-7,13,16,22H,8H2,(H,24,25). The molecule has 2 aromatic rings. The van der Waals surface area contributed by atoms with Crippen LogP contribution in [0.3, 0.4) is 0 Å². The second-order valence-corrected chi connectivity index (χ2v) is 5.93. The molecule has 0 aliphatic carbocycles. The van der Waals surface area contributed by atoms with Crippen LogP contribution in [0.1, 0.15) is 21.5 Å². The maximum atomic E-state index is 13.0. The van der Waals surface area contributed by atoms with Crippen molar-refractivity contribution in [3.8, 4) is 11.5 Å². The van der Waals surface area contributed by atoms with Crippen LogP contribution < -0.4 is 4.74 Å². The van der Waals surface area contributed by atoms with E-state index in [2.05, 4.69) is 0 Å². The van der Waals surface area contributed by atoms with E-state index < -0.39 is 36.4 Å². The van der Waals surface area contributed by atoms with E-state index in [1.165, 1.54) is 42.5 Å². The number of hydrogen-bond donors (Lipinski definition) is 2. The van der Waals surface area contributed by atoms with E-state index in [0.717, 1.165) is 0 Å². The lowest BCUT2D eigenvalue weighted by Crippen LogP contribution is -2.47. The maximum Gasteiger partial charge on any atom is 0.426 e. The predicted octanol–water partition coefficient (Wildman–Crippen LogP) is 3.19. The zero-order valence-electron chi connectivity index (χ0n) is 13.2. The Morgan fingerprint density at radius 3 is 2.23 bits per heavy atom. The molecule has 0 radical (unpaired) electrons. The highest BCUT2D eigenvalue weighted by molar-refractivity contribution is 6.09. The predicted molar refractivity (Wildman–Crippen MR) is 83.3 cm³/mol. The first kappa shape index (κ1) is 17.8. The molecule has 26 heavy (non-hydrogen) atoms. The maximum absolute atomic E-state index is 13.0. The normalized spacial score (nSPS) is 19.3. The number of carboxylic acid groups (broad SMARTS) is 1. The topological polar surface area (TPSA) is 83.8 Å². The molecule has 5 nitrogen and oxygen atoms in total. The van der Waals surface area contributed by atoms with Crippen LogP contribution in [0.5, 0.6) is 11.5 Å². The van der Waals surface area contributed by atoms with E-state index >= 15 is 0 Å². The molecule has 0 spiro atoms. The van der Waals surface area contributed by atoms with Gasteiger partial charge < -0.3 is 14.9 Å². The number of ketones is 1. The van der Waals surface area contributed by atoms with Gasteiger partial charge in [0.25, 0.3) is 0 Å². The number of carboxylic acids is 1. The van der Waals surface area contributed by atoms with E-state index in [1.54, 1.807) is 0 Å². The molecule has 1 heterocycles. The molecule has 0 saturated carbocycles. The number of alkyl halides is 3. The molecule has 0 aromatic heterocycles. The van der Waals surface area contributed by atoms with Gasteiger partial charge in [0.15, 0.2) is 5.78 Å². The summed E-state index contributed by atoms with van der Waals surface area (Å²) in [5, 5.41) is 18.4. The minimum absolute atomic E-state index is 0.0112. The van der Waals surface area contributed by atoms with E-state index in [4.69, 9.17) is 9.84 Å². The highest BCUT2D eigenvalue weighted by Crippen LogP contribution is 2.39. The van der Waals surface area contributed by atoms with Crippen molar-refractivity contribution >= 4 is 11.8 Å². The lowest BCUT2D eigenvalue weighted by atomic mass is 9.88. The molecule has 1 aliphatic rings. The fourth-order valence-corrected chi connectivity index (χ4v) is 2.85. The summed E-state index contributed by atoms with van der Waals surface area (Å²) >= 11 is 0. The second-order valence-electron chi connectivity index (χ2n) is 5.93. The first-order valence-electron chi connectivity index (χ1n) is 7.59. The molecule has 2 atom stereocenters. The average molecular weight is 366 g/mol. The number of fused-ring (bicyclic) bond motifs is 1. The van der Waals surface area contributed by atoms with Gasteiger partial charge in [-0.1, -0.05) is 0 Å². The first-order valence-corrected chi connectivity index (χ1v) is 7.59. The number of phenols is 1. The van der Waals surface area contributed by atoms with Gasteiger partial charge in [-0.15, -0.1) is 0 Å². The third kappa shape index (κ3) is 3.35. The number of hydrogen-bond acceptors (Lipinski definition) is 4. The Balaban J connectivity index is 1.94. The summed E-state index contributed by atoms with van der Waals surface area (Å²) in [6.07, 6.45) is -7.65. The molecule has 0 bridgehead atoms. The van der Waals surface area contributed by atoms with E-state index in [0.29, 0.717) is 0 Å². The third-order valence-electron chi connectivity index (χ3n) is 4.15. The number of carbonyl (C=O) groups excluding carboxylic acids is 1. The quantitative estimate of drug-likeness (QED) is 0.815. The molecular formula is C18H13F3O5. The molecule has 2 unspecified atom stereocenters. The van der Waals surface area contributed by atoms with Crippen LogP contribution in [-0.2, 0) is 11.2 Å². The number of benzene rings is 2. The van der Waals surface area contributed by atoms with E-state index in [1.807, 2.05) is 0 Å². The third-order valence-corrected chi connectivity index (χ3v) is 4.15. The van der Waals surface area contributed by atoms with Gasteiger partial charge in [-0.25, -0.2) is 0 Å². The Labute approximate surface area is 145 Å². The van der Waals surface area contributed by atoms with Gasteiger partial charge in [0.2, 0.25) is 6.10 Å². The number of carbonyl (C=O) groups is 2. The zero-order chi connectivity index (χ0) is 19.1. The Kier molecular flexibility index (Phi) is 4.35. The Morgan fingerprint density at radius 2 is 1.65 bits per heavy atom. The number of rotatable bonds is 3. The Hall–Kier alpha value is -3.03. The molecule has 0 amide bonds. The van der Waals surface area contributed by atoms with Crippen LogP contribution in [-0.4, -0.2) is 34.2 Å². The molecule has 2 N–H and O–H groups in total. The molecule has 1 aliphatic heterocycles. The lowest BCUT2D eigenvalue weighted by molar-refractivity contribution is -0.217. The van der Waals surface area contributed by atoms with Crippen LogP contribution in [0.2, 0.25) is 0 Å². The Morgan fingerprint density at radius 1 is 1.04 bits per heavy atom. The summed E-state index contributed by atoms with van der Waals surface area (Å²) in [6, 6.07) is 9.39.